The van der Waals surface area contributed by atoms with Crippen LogP contribution in [0.15, 0.2) is 59.6 Å². The number of carbonyl (C=O) groups excluding carboxylic acids is 1. The molecule has 0 radical (unpaired) electrons. The highest BCUT2D eigenvalue weighted by atomic mass is 35.5. The highest BCUT2D eigenvalue weighted by molar-refractivity contribution is 8.00. The summed E-state index contributed by atoms with van der Waals surface area (Å²) in [5.74, 6) is 0.336. The fourth-order valence-electron chi connectivity index (χ4n) is 3.28. The second kappa shape index (κ2) is 8.39. The van der Waals surface area contributed by atoms with Crippen LogP contribution in [-0.4, -0.2) is 51.1 Å². The van der Waals surface area contributed by atoms with Crippen molar-refractivity contribution in [2.45, 2.75) is 16.6 Å². The van der Waals surface area contributed by atoms with Gasteiger partial charge in [-0.2, -0.15) is 5.10 Å². The van der Waals surface area contributed by atoms with Crippen LogP contribution in [0.5, 0.6) is 11.5 Å². The molecule has 0 bridgehead atoms. The molecule has 1 saturated heterocycles. The third-order valence-corrected chi connectivity index (χ3v) is 6.24. The lowest BCUT2D eigenvalue weighted by Crippen LogP contribution is -2.29. The molecular weight excluding hydrogens is 410 g/mol. The molecule has 1 fully saturated rings. The van der Waals surface area contributed by atoms with Crippen LogP contribution in [0.2, 0.25) is 5.02 Å². The van der Waals surface area contributed by atoms with Crippen LogP contribution < -0.4 is 4.74 Å². The van der Waals surface area contributed by atoms with E-state index in [1.807, 2.05) is 36.4 Å². The first-order chi connectivity index (χ1) is 14.0. The van der Waals surface area contributed by atoms with E-state index >= 15 is 0 Å². The Morgan fingerprint density at radius 3 is 2.79 bits per heavy atom. The van der Waals surface area contributed by atoms with Gasteiger partial charge >= 0.3 is 0 Å². The van der Waals surface area contributed by atoms with Gasteiger partial charge in [-0.1, -0.05) is 17.7 Å². The van der Waals surface area contributed by atoms with E-state index in [2.05, 4.69) is 5.10 Å². The summed E-state index contributed by atoms with van der Waals surface area (Å²) in [6, 6.07) is 14.9. The zero-order chi connectivity index (χ0) is 20.4. The molecule has 0 spiro atoms. The van der Waals surface area contributed by atoms with E-state index in [-0.39, 0.29) is 22.6 Å². The Hall–Kier alpha value is -2.64. The summed E-state index contributed by atoms with van der Waals surface area (Å²) >= 11 is 7.77. The lowest BCUT2D eigenvalue weighted by molar-refractivity contribution is 0.0784. The minimum atomic E-state index is -0.260. The van der Waals surface area contributed by atoms with Gasteiger partial charge in [0.25, 0.3) is 5.91 Å². The van der Waals surface area contributed by atoms with Crippen molar-refractivity contribution in [3.05, 3.63) is 65.4 Å². The molecule has 3 aromatic rings. The van der Waals surface area contributed by atoms with Gasteiger partial charge in [0.15, 0.2) is 11.4 Å². The number of amides is 1. The summed E-state index contributed by atoms with van der Waals surface area (Å²) in [5.41, 5.74) is 0.796. The molecule has 2 heterocycles. The molecule has 2 aromatic carbocycles. The van der Waals surface area contributed by atoms with E-state index in [1.54, 1.807) is 35.9 Å². The van der Waals surface area contributed by atoms with Gasteiger partial charge in [-0.25, -0.2) is 4.68 Å². The number of ether oxygens (including phenoxy) is 1. The lowest BCUT2D eigenvalue weighted by Gasteiger charge is -2.15. The smallest absolute Gasteiger partial charge is 0.278 e. The first-order valence-electron chi connectivity index (χ1n) is 9.18. The highest BCUT2D eigenvalue weighted by Gasteiger charge is 2.30. The summed E-state index contributed by atoms with van der Waals surface area (Å²) in [5, 5.41) is 15.6. The van der Waals surface area contributed by atoms with Crippen molar-refractivity contribution >= 4 is 29.3 Å². The van der Waals surface area contributed by atoms with Crippen molar-refractivity contribution in [3.63, 3.8) is 0 Å². The summed E-state index contributed by atoms with van der Waals surface area (Å²) < 4.78 is 6.65. The molecule has 1 aliphatic rings. The molecule has 6 nitrogen and oxygen atoms in total. The van der Waals surface area contributed by atoms with E-state index in [4.69, 9.17) is 16.3 Å². The minimum absolute atomic E-state index is 0.0641. The molecule has 1 aliphatic heterocycles. The molecule has 4 rings (SSSR count). The van der Waals surface area contributed by atoms with Crippen LogP contribution in [-0.2, 0) is 0 Å². The summed E-state index contributed by atoms with van der Waals surface area (Å²) in [6.45, 7) is 1.23. The van der Waals surface area contributed by atoms with Gasteiger partial charge in [-0.15, -0.1) is 11.8 Å². The Bertz CT molecular complexity index is 1020. The first kappa shape index (κ1) is 19.7. The monoisotopic (exact) mass is 429 g/mol. The van der Waals surface area contributed by atoms with E-state index in [0.717, 1.165) is 22.8 Å². The Morgan fingerprint density at radius 1 is 1.28 bits per heavy atom. The predicted octanol–water partition coefficient (Wildman–Crippen LogP) is 4.25. The van der Waals surface area contributed by atoms with Crippen molar-refractivity contribution in [2.75, 3.05) is 20.2 Å². The number of hydrogen-bond donors (Lipinski definition) is 1. The van der Waals surface area contributed by atoms with Crippen molar-refractivity contribution < 1.29 is 14.6 Å². The average Bonchev–Trinajstić information content (AvgIpc) is 3.34. The third kappa shape index (κ3) is 4.36. The van der Waals surface area contributed by atoms with Crippen molar-refractivity contribution in [1.29, 1.82) is 0 Å². The molecule has 1 N–H and O–H groups in total. The molecule has 29 heavy (non-hydrogen) atoms. The number of methoxy groups -OCH3 is 1. The Morgan fingerprint density at radius 2 is 2.07 bits per heavy atom. The Labute approximate surface area is 178 Å². The van der Waals surface area contributed by atoms with Crippen LogP contribution >= 0.6 is 23.4 Å². The van der Waals surface area contributed by atoms with E-state index in [9.17, 15) is 9.90 Å². The van der Waals surface area contributed by atoms with Gasteiger partial charge in [0.1, 0.15) is 5.75 Å². The zero-order valence-corrected chi connectivity index (χ0v) is 17.4. The highest BCUT2D eigenvalue weighted by Crippen LogP contribution is 2.32. The lowest BCUT2D eigenvalue weighted by atomic mass is 10.3. The van der Waals surface area contributed by atoms with Gasteiger partial charge in [0, 0.05) is 28.3 Å². The summed E-state index contributed by atoms with van der Waals surface area (Å²) in [4.78, 5) is 15.7. The number of likely N-dealkylation sites (tertiary alicyclic amines) is 1. The third-order valence-electron chi connectivity index (χ3n) is 4.77. The number of rotatable bonds is 5. The number of benzene rings is 2. The zero-order valence-electron chi connectivity index (χ0n) is 15.8. The summed E-state index contributed by atoms with van der Waals surface area (Å²) in [6.07, 6.45) is 2.33. The quantitative estimate of drug-likeness (QED) is 0.656. The average molecular weight is 430 g/mol. The number of hydrogen-bond acceptors (Lipinski definition) is 5. The Balaban J connectivity index is 1.45. The van der Waals surface area contributed by atoms with Crippen molar-refractivity contribution in [1.82, 2.24) is 14.7 Å². The van der Waals surface area contributed by atoms with Crippen LogP contribution in [0.25, 0.3) is 5.69 Å². The van der Waals surface area contributed by atoms with Gasteiger partial charge in [-0.3, -0.25) is 4.79 Å². The van der Waals surface area contributed by atoms with E-state index in [1.165, 1.54) is 10.9 Å². The number of nitrogens with zero attached hydrogens (tertiary/aromatic N) is 3. The fraction of sp³-hybridized carbons (Fsp3) is 0.238. The van der Waals surface area contributed by atoms with Crippen LogP contribution in [0.1, 0.15) is 16.9 Å². The predicted molar refractivity (Wildman–Crippen MR) is 113 cm³/mol. The van der Waals surface area contributed by atoms with Gasteiger partial charge in [0.05, 0.1) is 19.0 Å². The maximum Gasteiger partial charge on any atom is 0.278 e. The van der Waals surface area contributed by atoms with Crippen LogP contribution in [0.4, 0.5) is 0 Å². The second-order valence-corrected chi connectivity index (χ2v) is 8.55. The van der Waals surface area contributed by atoms with Gasteiger partial charge in [-0.05, 0) is 48.9 Å². The topological polar surface area (TPSA) is 67.6 Å². The number of aromatic nitrogens is 2. The van der Waals surface area contributed by atoms with Crippen LogP contribution in [0.3, 0.4) is 0 Å². The second-order valence-electron chi connectivity index (χ2n) is 6.74. The maximum atomic E-state index is 12.9. The van der Waals surface area contributed by atoms with E-state index in [0.29, 0.717) is 18.1 Å². The normalized spacial score (nSPS) is 16.2. The summed E-state index contributed by atoms with van der Waals surface area (Å²) in [7, 11) is 1.60. The standard InChI is InChI=1S/C21H20ClN3O3S/c1-28-16-7-5-15(6-8-16)25-13-19(26)20(23-25)21(27)24-10-9-18(12-24)29-17-4-2-3-14(22)11-17/h2-8,11,13,18,26H,9-10,12H2,1H3. The number of carbonyl (C=O) groups is 1. The molecule has 1 unspecified atom stereocenters. The molecule has 1 aromatic heterocycles. The molecule has 8 heteroatoms. The Kier molecular flexibility index (Phi) is 5.69. The molecule has 0 saturated carbocycles. The van der Waals surface area contributed by atoms with Crippen molar-refractivity contribution in [2.24, 2.45) is 0 Å². The fourth-order valence-corrected chi connectivity index (χ4v) is 4.75. The van der Waals surface area contributed by atoms with Gasteiger partial charge < -0.3 is 14.7 Å². The molecule has 150 valence electrons. The van der Waals surface area contributed by atoms with Crippen LogP contribution in [0, 0.1) is 0 Å². The molecular formula is C21H20ClN3O3S. The van der Waals surface area contributed by atoms with Gasteiger partial charge in [0.2, 0.25) is 0 Å². The van der Waals surface area contributed by atoms with E-state index < -0.39 is 0 Å². The molecule has 1 atom stereocenters. The maximum absolute atomic E-state index is 12.9. The number of aromatic hydroxyl groups is 1. The largest absolute Gasteiger partial charge is 0.504 e. The molecule has 1 amide bonds. The first-order valence-corrected chi connectivity index (χ1v) is 10.4. The SMILES string of the molecule is COc1ccc(-n2cc(O)c(C(=O)N3CCC(Sc4cccc(Cl)c4)C3)n2)cc1. The number of halogens is 1. The molecule has 0 aliphatic carbocycles. The number of thioether (sulfide) groups is 1. The van der Waals surface area contributed by atoms with Crippen molar-refractivity contribution in [3.8, 4) is 17.2 Å². The minimum Gasteiger partial charge on any atom is -0.504 e.